The molecule has 0 bridgehead atoms. The van der Waals surface area contributed by atoms with E-state index < -0.39 is 6.04 Å². The molecule has 0 aliphatic carbocycles. The fourth-order valence-electron chi connectivity index (χ4n) is 7.62. The van der Waals surface area contributed by atoms with E-state index in [4.69, 9.17) is 11.3 Å². The molecule has 0 atom stereocenters. The number of hydrogen-bond donors (Lipinski definition) is 0. The standard InChI is InChI=1S/C48H30O/c1-3-14-31(15-4-1)33-26-27-44-43(29-33)48-41(24-13-25-45(48)49-44)42-30-35(28-34-18-7-8-19-36(34)42)47-39-22-11-9-20-37(39)46(32-16-5-2-6-17-32)38-21-10-12-23-40(38)47/h1-30H/i2D,5D,6D,16D,17D. The Morgan fingerprint density at radius 3 is 1.71 bits per heavy atom. The first-order chi connectivity index (χ1) is 26.4. The lowest BCUT2D eigenvalue weighted by atomic mass is 9.84. The third kappa shape index (κ3) is 4.40. The summed E-state index contributed by atoms with van der Waals surface area (Å²) in [6, 6.07) is 50.5. The summed E-state index contributed by atoms with van der Waals surface area (Å²) in [5.41, 5.74) is 8.92. The molecular weight excluding hydrogens is 593 g/mol. The van der Waals surface area contributed by atoms with Crippen molar-refractivity contribution in [3.05, 3.63) is 182 Å². The van der Waals surface area contributed by atoms with Gasteiger partial charge >= 0.3 is 0 Å². The lowest BCUT2D eigenvalue weighted by Gasteiger charge is -2.19. The predicted molar refractivity (Wildman–Crippen MR) is 208 cm³/mol. The molecule has 9 aromatic carbocycles. The molecule has 0 unspecified atom stereocenters. The van der Waals surface area contributed by atoms with Crippen LogP contribution in [0.4, 0.5) is 0 Å². The predicted octanol–water partition coefficient (Wildman–Crippen LogP) is 13.7. The summed E-state index contributed by atoms with van der Waals surface area (Å²) in [7, 11) is 0. The van der Waals surface area contributed by atoms with Crippen LogP contribution in [-0.2, 0) is 0 Å². The van der Waals surface area contributed by atoms with Crippen LogP contribution in [0.2, 0.25) is 0 Å². The summed E-state index contributed by atoms with van der Waals surface area (Å²) >= 11 is 0. The summed E-state index contributed by atoms with van der Waals surface area (Å²) in [4.78, 5) is 0. The SMILES string of the molecule is [2H]c1c([2H])c([2H])c(-c2c3ccccc3c(-c3cc(-c4cccc5oc6ccc(-c7ccccc7)cc6c45)c4ccccc4c3)c3ccccc23)c([2H])c1[2H]. The topological polar surface area (TPSA) is 13.1 Å². The van der Waals surface area contributed by atoms with E-state index in [9.17, 15) is 0 Å². The molecule has 1 aromatic heterocycles. The fourth-order valence-corrected chi connectivity index (χ4v) is 7.62. The quantitative estimate of drug-likeness (QED) is 0.177. The zero-order valence-corrected chi connectivity index (χ0v) is 26.3. The van der Waals surface area contributed by atoms with Crippen LogP contribution in [-0.4, -0.2) is 0 Å². The third-order valence-electron chi connectivity index (χ3n) is 9.72. The molecule has 1 heteroatoms. The van der Waals surface area contributed by atoms with Crippen molar-refractivity contribution in [2.24, 2.45) is 0 Å². The van der Waals surface area contributed by atoms with Gasteiger partial charge < -0.3 is 4.42 Å². The van der Waals surface area contributed by atoms with Gasteiger partial charge in [-0.2, -0.15) is 0 Å². The first-order valence-electron chi connectivity index (χ1n) is 18.9. The van der Waals surface area contributed by atoms with Crippen molar-refractivity contribution in [2.75, 3.05) is 0 Å². The average molecular weight is 628 g/mol. The Hall–Kier alpha value is -6.44. The summed E-state index contributed by atoms with van der Waals surface area (Å²) in [5.74, 6) is 0. The highest BCUT2D eigenvalue weighted by Crippen LogP contribution is 2.47. The van der Waals surface area contributed by atoms with Crippen LogP contribution in [0.1, 0.15) is 6.85 Å². The van der Waals surface area contributed by atoms with Crippen LogP contribution in [0.5, 0.6) is 0 Å². The minimum absolute atomic E-state index is 0.201. The van der Waals surface area contributed by atoms with E-state index in [1.54, 1.807) is 0 Å². The smallest absolute Gasteiger partial charge is 0.136 e. The lowest BCUT2D eigenvalue weighted by molar-refractivity contribution is 0.669. The molecule has 0 aliphatic heterocycles. The van der Waals surface area contributed by atoms with E-state index in [0.717, 1.165) is 87.6 Å². The molecule has 10 rings (SSSR count). The Kier molecular flexibility index (Phi) is 5.20. The molecule has 10 aromatic rings. The van der Waals surface area contributed by atoms with Gasteiger partial charge in [-0.25, -0.2) is 0 Å². The molecule has 0 aliphatic rings. The summed E-state index contributed by atoms with van der Waals surface area (Å²) < 4.78 is 49.6. The molecule has 0 saturated carbocycles. The van der Waals surface area contributed by atoms with Crippen LogP contribution in [0, 0.1) is 0 Å². The van der Waals surface area contributed by atoms with E-state index >= 15 is 0 Å². The van der Waals surface area contributed by atoms with Gasteiger partial charge in [-0.15, -0.1) is 0 Å². The second-order valence-electron chi connectivity index (χ2n) is 12.4. The van der Waals surface area contributed by atoms with Crippen molar-refractivity contribution in [3.63, 3.8) is 0 Å². The second-order valence-corrected chi connectivity index (χ2v) is 12.4. The van der Waals surface area contributed by atoms with E-state index in [1.165, 1.54) is 0 Å². The van der Waals surface area contributed by atoms with Gasteiger partial charge in [0, 0.05) is 10.8 Å². The number of hydrogen-bond acceptors (Lipinski definition) is 1. The van der Waals surface area contributed by atoms with Crippen molar-refractivity contribution in [1.29, 1.82) is 0 Å². The van der Waals surface area contributed by atoms with E-state index in [0.29, 0.717) is 5.56 Å². The highest BCUT2D eigenvalue weighted by Gasteiger charge is 2.20. The molecular formula is C48H30O. The number of rotatable bonds is 4. The molecule has 1 heterocycles. The van der Waals surface area contributed by atoms with Crippen molar-refractivity contribution in [3.8, 4) is 44.5 Å². The molecule has 0 amide bonds. The van der Waals surface area contributed by atoms with Gasteiger partial charge in [-0.3, -0.25) is 0 Å². The lowest BCUT2D eigenvalue weighted by Crippen LogP contribution is -1.92. The van der Waals surface area contributed by atoms with Gasteiger partial charge in [-0.1, -0.05) is 152 Å². The van der Waals surface area contributed by atoms with Crippen LogP contribution < -0.4 is 0 Å². The third-order valence-corrected chi connectivity index (χ3v) is 9.72. The summed E-state index contributed by atoms with van der Waals surface area (Å²) in [5, 5.41) is 7.80. The molecule has 0 spiro atoms. The van der Waals surface area contributed by atoms with Crippen molar-refractivity contribution in [2.45, 2.75) is 0 Å². The Balaban J connectivity index is 1.30. The Bertz CT molecular complexity index is 3080. The first kappa shape index (κ1) is 23.0. The molecule has 0 fully saturated rings. The minimum Gasteiger partial charge on any atom is -0.456 e. The maximum atomic E-state index is 8.95. The number of benzene rings is 9. The van der Waals surface area contributed by atoms with Crippen LogP contribution in [0.3, 0.4) is 0 Å². The molecule has 0 N–H and O–H groups in total. The second kappa shape index (κ2) is 11.1. The van der Waals surface area contributed by atoms with Gasteiger partial charge in [0.1, 0.15) is 11.2 Å². The molecule has 228 valence electrons. The molecule has 0 saturated heterocycles. The number of furan rings is 1. The van der Waals surface area contributed by atoms with E-state index in [-0.39, 0.29) is 29.7 Å². The largest absolute Gasteiger partial charge is 0.456 e. The zero-order valence-electron chi connectivity index (χ0n) is 31.3. The maximum Gasteiger partial charge on any atom is 0.136 e. The van der Waals surface area contributed by atoms with E-state index in [2.05, 4.69) is 103 Å². The minimum atomic E-state index is -0.403. The van der Waals surface area contributed by atoms with Gasteiger partial charge in [0.25, 0.3) is 0 Å². The Morgan fingerprint density at radius 1 is 0.367 bits per heavy atom. The first-order valence-corrected chi connectivity index (χ1v) is 16.4. The molecule has 0 radical (unpaired) electrons. The fraction of sp³-hybridized carbons (Fsp3) is 0. The number of fused-ring (bicyclic) bond motifs is 6. The van der Waals surface area contributed by atoms with Gasteiger partial charge in [0.05, 0.1) is 6.85 Å². The van der Waals surface area contributed by atoms with Crippen molar-refractivity contribution in [1.82, 2.24) is 0 Å². The highest BCUT2D eigenvalue weighted by molar-refractivity contribution is 6.23. The van der Waals surface area contributed by atoms with Gasteiger partial charge in [0.15, 0.2) is 0 Å². The maximum absolute atomic E-state index is 8.95. The molecule has 49 heavy (non-hydrogen) atoms. The summed E-state index contributed by atoms with van der Waals surface area (Å²) in [6.45, 7) is 0. The molecule has 1 nitrogen and oxygen atoms in total. The van der Waals surface area contributed by atoms with Crippen molar-refractivity contribution >= 4 is 54.3 Å². The van der Waals surface area contributed by atoms with Gasteiger partial charge in [-0.05, 0) is 107 Å². The Morgan fingerprint density at radius 2 is 1.00 bits per heavy atom. The normalized spacial score (nSPS) is 13.1. The van der Waals surface area contributed by atoms with E-state index in [1.807, 2.05) is 48.5 Å². The van der Waals surface area contributed by atoms with Crippen LogP contribution in [0.15, 0.2) is 186 Å². The zero-order chi connectivity index (χ0) is 36.7. The summed E-state index contributed by atoms with van der Waals surface area (Å²) in [6.07, 6.45) is 0. The van der Waals surface area contributed by atoms with Gasteiger partial charge in [0.2, 0.25) is 0 Å². The van der Waals surface area contributed by atoms with Crippen LogP contribution in [0.25, 0.3) is 98.8 Å². The Labute approximate surface area is 291 Å². The average Bonchev–Trinajstić information content (AvgIpc) is 3.60. The monoisotopic (exact) mass is 627 g/mol. The highest BCUT2D eigenvalue weighted by atomic mass is 16.3. The van der Waals surface area contributed by atoms with Crippen LogP contribution >= 0.6 is 0 Å². The van der Waals surface area contributed by atoms with Crippen molar-refractivity contribution < 1.29 is 11.3 Å².